The lowest BCUT2D eigenvalue weighted by molar-refractivity contribution is -0.123. The molecule has 2 aromatic heterocycles. The van der Waals surface area contributed by atoms with Crippen LogP contribution in [-0.4, -0.2) is 46.6 Å². The van der Waals surface area contributed by atoms with Gasteiger partial charge in [0.05, 0.1) is 21.5 Å². The Bertz CT molecular complexity index is 1840. The highest BCUT2D eigenvalue weighted by molar-refractivity contribution is 7.92. The summed E-state index contributed by atoms with van der Waals surface area (Å²) in [4.78, 5) is 33.1. The van der Waals surface area contributed by atoms with Crippen LogP contribution in [-0.2, 0) is 19.6 Å². The van der Waals surface area contributed by atoms with Gasteiger partial charge in [-0.3, -0.25) is 9.52 Å². The number of halogens is 1. The van der Waals surface area contributed by atoms with Gasteiger partial charge in [0.1, 0.15) is 5.82 Å². The maximum Gasteiger partial charge on any atom is 0.338 e. The molecule has 0 radical (unpaired) electrons. The molecule has 1 unspecified atom stereocenters. The number of esters is 1. The first-order valence-electron chi connectivity index (χ1n) is 12.3. The van der Waals surface area contributed by atoms with E-state index in [-0.39, 0.29) is 21.4 Å². The van der Waals surface area contributed by atoms with Gasteiger partial charge in [-0.15, -0.1) is 10.2 Å². The first-order valence-corrected chi connectivity index (χ1v) is 14.1. The van der Waals surface area contributed by atoms with Gasteiger partial charge in [0, 0.05) is 11.3 Å². The summed E-state index contributed by atoms with van der Waals surface area (Å²) in [6, 6.07) is 21.0. The zero-order valence-electron chi connectivity index (χ0n) is 21.8. The monoisotopic (exact) mass is 590 g/mol. The predicted octanol–water partition coefficient (Wildman–Crippen LogP) is 4.97. The van der Waals surface area contributed by atoms with Crippen LogP contribution in [0.25, 0.3) is 22.4 Å². The Morgan fingerprint density at radius 3 is 2.37 bits per heavy atom. The molecular weight excluding hydrogens is 568 g/mol. The lowest BCUT2D eigenvalue weighted by Crippen LogP contribution is -2.30. The van der Waals surface area contributed by atoms with Gasteiger partial charge in [0.2, 0.25) is 0 Å². The number of rotatable bonds is 8. The van der Waals surface area contributed by atoms with Crippen LogP contribution in [0.3, 0.4) is 0 Å². The SMILES string of the molecule is Cc1ccc(-c2nc3ccc(C(=O)OC(C)C(=O)Nc4ccc(S(=O)(=O)Nc5ccc(Cl)nn5)cc4)cc3[nH]2)cc1. The van der Waals surface area contributed by atoms with Gasteiger partial charge in [-0.25, -0.2) is 18.2 Å². The van der Waals surface area contributed by atoms with Gasteiger partial charge < -0.3 is 15.0 Å². The van der Waals surface area contributed by atoms with Gasteiger partial charge >= 0.3 is 5.97 Å². The molecule has 5 rings (SSSR count). The maximum absolute atomic E-state index is 12.8. The first-order chi connectivity index (χ1) is 19.6. The minimum Gasteiger partial charge on any atom is -0.449 e. The van der Waals surface area contributed by atoms with Crippen molar-refractivity contribution in [1.82, 2.24) is 20.2 Å². The zero-order chi connectivity index (χ0) is 29.1. The summed E-state index contributed by atoms with van der Waals surface area (Å²) in [5.74, 6) is -0.598. The number of amides is 1. The molecule has 13 heteroatoms. The number of nitrogens with one attached hydrogen (secondary N) is 3. The summed E-state index contributed by atoms with van der Waals surface area (Å²) in [5.41, 5.74) is 3.95. The molecule has 208 valence electrons. The quantitative estimate of drug-likeness (QED) is 0.214. The van der Waals surface area contributed by atoms with E-state index >= 15 is 0 Å². The summed E-state index contributed by atoms with van der Waals surface area (Å²) in [7, 11) is -3.95. The van der Waals surface area contributed by atoms with Crippen molar-refractivity contribution in [2.24, 2.45) is 0 Å². The molecule has 11 nitrogen and oxygen atoms in total. The number of aryl methyl sites for hydroxylation is 1. The number of hydrogen-bond donors (Lipinski definition) is 3. The Morgan fingerprint density at radius 1 is 0.951 bits per heavy atom. The molecule has 0 aliphatic heterocycles. The fourth-order valence-electron chi connectivity index (χ4n) is 3.80. The number of aromatic amines is 1. The fraction of sp³-hybridized carbons (Fsp3) is 0.107. The summed E-state index contributed by atoms with van der Waals surface area (Å²) in [5, 5.41) is 9.98. The minimum atomic E-state index is -3.95. The second-order valence-electron chi connectivity index (χ2n) is 9.09. The zero-order valence-corrected chi connectivity index (χ0v) is 23.3. The smallest absolute Gasteiger partial charge is 0.338 e. The molecule has 0 aliphatic rings. The van der Waals surface area contributed by atoms with Crippen LogP contribution in [0.1, 0.15) is 22.8 Å². The number of benzene rings is 3. The highest BCUT2D eigenvalue weighted by Crippen LogP contribution is 2.23. The average molecular weight is 591 g/mol. The molecule has 2 heterocycles. The molecule has 1 atom stereocenters. The van der Waals surface area contributed by atoms with Crippen LogP contribution in [0.15, 0.2) is 83.8 Å². The molecule has 0 bridgehead atoms. The Kier molecular flexibility index (Phi) is 7.68. The molecule has 0 saturated heterocycles. The standard InChI is InChI=1S/C28H23ClN6O5S/c1-16-3-5-18(6-4-16)26-31-22-12-7-19(15-23(22)32-26)28(37)40-17(2)27(36)30-20-8-10-21(11-9-20)41(38,39)35-25-14-13-24(29)33-34-25/h3-15,17H,1-2H3,(H,30,36)(H,31,32)(H,34,35). The Morgan fingerprint density at radius 2 is 1.68 bits per heavy atom. The third-order valence-electron chi connectivity index (χ3n) is 6.00. The highest BCUT2D eigenvalue weighted by atomic mass is 35.5. The molecule has 0 spiro atoms. The van der Waals surface area contributed by atoms with Crippen LogP contribution >= 0.6 is 11.6 Å². The summed E-state index contributed by atoms with van der Waals surface area (Å²) in [6.07, 6.45) is -1.13. The van der Waals surface area contributed by atoms with Crippen molar-refractivity contribution in [1.29, 1.82) is 0 Å². The predicted molar refractivity (Wildman–Crippen MR) is 154 cm³/mol. The van der Waals surface area contributed by atoms with Gasteiger partial charge in [-0.1, -0.05) is 41.4 Å². The lowest BCUT2D eigenvalue weighted by atomic mass is 10.1. The third kappa shape index (κ3) is 6.51. The van der Waals surface area contributed by atoms with Crippen LogP contribution in [0.4, 0.5) is 11.5 Å². The fourth-order valence-corrected chi connectivity index (χ4v) is 4.89. The van der Waals surface area contributed by atoms with E-state index in [1.807, 2.05) is 31.2 Å². The number of carbonyl (C=O) groups is 2. The number of hydrogen-bond acceptors (Lipinski definition) is 8. The molecule has 0 aliphatic carbocycles. The van der Waals surface area contributed by atoms with Crippen molar-refractivity contribution in [2.45, 2.75) is 24.8 Å². The Balaban J connectivity index is 1.20. The molecule has 3 N–H and O–H groups in total. The topological polar surface area (TPSA) is 156 Å². The maximum atomic E-state index is 12.8. The number of nitrogens with zero attached hydrogens (tertiary/aromatic N) is 3. The number of fused-ring (bicyclic) bond motifs is 1. The molecular formula is C28H23ClN6O5S. The number of sulfonamides is 1. The molecule has 0 fully saturated rings. The molecule has 5 aromatic rings. The number of ether oxygens (including phenoxy) is 1. The van der Waals surface area contributed by atoms with E-state index in [9.17, 15) is 18.0 Å². The van der Waals surface area contributed by atoms with Crippen LogP contribution in [0.2, 0.25) is 5.15 Å². The largest absolute Gasteiger partial charge is 0.449 e. The van der Waals surface area contributed by atoms with Gasteiger partial charge in [0.15, 0.2) is 17.1 Å². The minimum absolute atomic E-state index is 0.000746. The highest BCUT2D eigenvalue weighted by Gasteiger charge is 2.21. The van der Waals surface area contributed by atoms with Gasteiger partial charge in [-0.05, 0) is 68.4 Å². The lowest BCUT2D eigenvalue weighted by Gasteiger charge is -2.14. The van der Waals surface area contributed by atoms with Gasteiger partial charge in [0.25, 0.3) is 15.9 Å². The number of aromatic nitrogens is 4. The normalized spacial score (nSPS) is 12.1. The van der Waals surface area contributed by atoms with E-state index in [1.54, 1.807) is 18.2 Å². The molecule has 3 aromatic carbocycles. The van der Waals surface area contributed by atoms with Gasteiger partial charge in [-0.2, -0.15) is 0 Å². The number of carbonyl (C=O) groups excluding carboxylic acids is 2. The second kappa shape index (κ2) is 11.4. The molecule has 0 saturated carbocycles. The second-order valence-corrected chi connectivity index (χ2v) is 11.2. The van der Waals surface area contributed by atoms with Crippen LogP contribution in [0.5, 0.6) is 0 Å². The average Bonchev–Trinajstić information content (AvgIpc) is 3.38. The first kappa shape index (κ1) is 27.7. The van der Waals surface area contributed by atoms with E-state index in [2.05, 4.69) is 30.2 Å². The number of imidazole rings is 1. The van der Waals surface area contributed by atoms with Crippen LogP contribution in [0, 0.1) is 6.92 Å². The van der Waals surface area contributed by atoms with Crippen molar-refractivity contribution in [3.8, 4) is 11.4 Å². The Hall–Kier alpha value is -4.81. The van der Waals surface area contributed by atoms with E-state index in [1.165, 1.54) is 43.3 Å². The van der Waals surface area contributed by atoms with Crippen molar-refractivity contribution >= 4 is 56.0 Å². The van der Waals surface area contributed by atoms with E-state index < -0.39 is 28.0 Å². The van der Waals surface area contributed by atoms with E-state index in [0.29, 0.717) is 22.5 Å². The summed E-state index contributed by atoms with van der Waals surface area (Å²) >= 11 is 5.67. The third-order valence-corrected chi connectivity index (χ3v) is 7.57. The molecule has 41 heavy (non-hydrogen) atoms. The number of anilines is 2. The van der Waals surface area contributed by atoms with Crippen molar-refractivity contribution < 1.29 is 22.7 Å². The Labute approximate surface area is 240 Å². The van der Waals surface area contributed by atoms with Crippen molar-refractivity contribution in [3.63, 3.8) is 0 Å². The number of H-pyrrole nitrogens is 1. The summed E-state index contributed by atoms with van der Waals surface area (Å²) < 4.78 is 32.8. The van der Waals surface area contributed by atoms with E-state index in [4.69, 9.17) is 16.3 Å². The van der Waals surface area contributed by atoms with Crippen molar-refractivity contribution in [3.05, 3.63) is 95.1 Å². The molecule has 1 amide bonds. The van der Waals surface area contributed by atoms with Crippen molar-refractivity contribution in [2.75, 3.05) is 10.0 Å². The van der Waals surface area contributed by atoms with Crippen LogP contribution < -0.4 is 10.0 Å². The van der Waals surface area contributed by atoms with E-state index in [0.717, 1.165) is 11.1 Å². The summed E-state index contributed by atoms with van der Waals surface area (Å²) in [6.45, 7) is 3.44.